The van der Waals surface area contributed by atoms with Crippen molar-refractivity contribution in [3.8, 4) is 5.75 Å². The Bertz CT molecular complexity index is 1280. The van der Waals surface area contributed by atoms with Gasteiger partial charge < -0.3 is 14.8 Å². The second-order valence-corrected chi connectivity index (χ2v) is 9.23. The van der Waals surface area contributed by atoms with Gasteiger partial charge in [0.15, 0.2) is 6.61 Å². The van der Waals surface area contributed by atoms with Gasteiger partial charge in [0, 0.05) is 13.6 Å². The molecular formula is C24H23FN2O6S. The van der Waals surface area contributed by atoms with Gasteiger partial charge in [-0.05, 0) is 35.9 Å². The Morgan fingerprint density at radius 2 is 1.68 bits per heavy atom. The molecule has 3 rings (SSSR count). The fraction of sp³-hybridized carbons (Fsp3) is 0.167. The lowest BCUT2D eigenvalue weighted by Crippen LogP contribution is -2.27. The summed E-state index contributed by atoms with van der Waals surface area (Å²) in [6, 6.07) is 18.4. The maximum absolute atomic E-state index is 13.6. The zero-order valence-corrected chi connectivity index (χ0v) is 19.3. The van der Waals surface area contributed by atoms with E-state index in [0.29, 0.717) is 0 Å². The third-order valence-electron chi connectivity index (χ3n) is 4.82. The van der Waals surface area contributed by atoms with E-state index < -0.39 is 34.3 Å². The molecule has 0 fully saturated rings. The van der Waals surface area contributed by atoms with Crippen LogP contribution in [0.4, 0.5) is 10.1 Å². The molecule has 0 saturated heterocycles. The van der Waals surface area contributed by atoms with Crippen LogP contribution in [-0.4, -0.2) is 45.4 Å². The molecule has 1 amide bonds. The van der Waals surface area contributed by atoms with Crippen LogP contribution in [0.5, 0.6) is 5.75 Å². The molecule has 34 heavy (non-hydrogen) atoms. The second kappa shape index (κ2) is 10.9. The number of esters is 1. The Kier molecular flexibility index (Phi) is 7.98. The summed E-state index contributed by atoms with van der Waals surface area (Å²) in [6.07, 6.45) is 0. The number of benzene rings is 3. The normalized spacial score (nSPS) is 11.2. The number of methoxy groups -OCH3 is 1. The van der Waals surface area contributed by atoms with Gasteiger partial charge in [0.25, 0.3) is 5.91 Å². The standard InChI is InChI=1S/C24H23FN2O6S/c1-27(15-17-8-4-3-5-9-17)34(30,31)22-14-18(12-13-21(22)32-2)24(29)33-16-23(28)26-20-11-7-6-10-19(20)25/h3-14H,15-16H2,1-2H3,(H,26,28). The van der Waals surface area contributed by atoms with Gasteiger partial charge in [0.05, 0.1) is 18.4 Å². The summed E-state index contributed by atoms with van der Waals surface area (Å²) in [5, 5.41) is 2.30. The summed E-state index contributed by atoms with van der Waals surface area (Å²) >= 11 is 0. The van der Waals surface area contributed by atoms with Crippen molar-refractivity contribution in [3.05, 3.63) is 89.7 Å². The molecule has 0 bridgehead atoms. The van der Waals surface area contributed by atoms with E-state index in [0.717, 1.165) is 15.9 Å². The molecule has 178 valence electrons. The van der Waals surface area contributed by atoms with E-state index in [1.165, 1.54) is 44.5 Å². The number of para-hydroxylation sites is 1. The lowest BCUT2D eigenvalue weighted by Gasteiger charge is -2.19. The van der Waals surface area contributed by atoms with Crippen molar-refractivity contribution >= 4 is 27.6 Å². The van der Waals surface area contributed by atoms with Crippen LogP contribution in [0, 0.1) is 5.82 Å². The van der Waals surface area contributed by atoms with E-state index >= 15 is 0 Å². The summed E-state index contributed by atoms with van der Waals surface area (Å²) in [4.78, 5) is 24.3. The highest BCUT2D eigenvalue weighted by molar-refractivity contribution is 7.89. The van der Waals surface area contributed by atoms with Crippen molar-refractivity contribution in [1.82, 2.24) is 4.31 Å². The molecule has 3 aromatic carbocycles. The number of nitrogens with zero attached hydrogens (tertiary/aromatic N) is 1. The molecule has 0 aliphatic rings. The highest BCUT2D eigenvalue weighted by atomic mass is 32.2. The first-order chi connectivity index (χ1) is 16.2. The molecular weight excluding hydrogens is 463 g/mol. The van der Waals surface area contributed by atoms with Crippen LogP contribution in [0.3, 0.4) is 0 Å². The molecule has 0 aliphatic carbocycles. The van der Waals surface area contributed by atoms with Gasteiger partial charge in [0.2, 0.25) is 10.0 Å². The van der Waals surface area contributed by atoms with Gasteiger partial charge in [-0.15, -0.1) is 0 Å². The topological polar surface area (TPSA) is 102 Å². The van der Waals surface area contributed by atoms with Crippen molar-refractivity contribution < 1.29 is 31.9 Å². The lowest BCUT2D eigenvalue weighted by molar-refractivity contribution is -0.119. The fourth-order valence-corrected chi connectivity index (χ4v) is 4.40. The SMILES string of the molecule is COc1ccc(C(=O)OCC(=O)Nc2ccccc2F)cc1S(=O)(=O)N(C)Cc1ccccc1. The molecule has 0 radical (unpaired) electrons. The van der Waals surface area contributed by atoms with Crippen LogP contribution in [0.2, 0.25) is 0 Å². The number of hydrogen-bond donors (Lipinski definition) is 1. The monoisotopic (exact) mass is 486 g/mol. The number of rotatable bonds is 9. The number of anilines is 1. The molecule has 10 heteroatoms. The number of sulfonamides is 1. The first-order valence-electron chi connectivity index (χ1n) is 10.1. The zero-order chi connectivity index (χ0) is 24.7. The number of carbonyl (C=O) groups is 2. The van der Waals surface area contributed by atoms with Crippen LogP contribution < -0.4 is 10.1 Å². The molecule has 3 aromatic rings. The number of nitrogens with one attached hydrogen (secondary N) is 1. The van der Waals surface area contributed by atoms with Crippen molar-refractivity contribution in [2.24, 2.45) is 0 Å². The number of hydrogen-bond acceptors (Lipinski definition) is 6. The molecule has 0 spiro atoms. The van der Waals surface area contributed by atoms with Gasteiger partial charge in [-0.2, -0.15) is 4.31 Å². The summed E-state index contributed by atoms with van der Waals surface area (Å²) in [5.41, 5.74) is 0.637. The van der Waals surface area contributed by atoms with Crippen molar-refractivity contribution in [3.63, 3.8) is 0 Å². The van der Waals surface area contributed by atoms with Gasteiger partial charge in [-0.3, -0.25) is 4.79 Å². The number of carbonyl (C=O) groups excluding carboxylic acids is 2. The van der Waals surface area contributed by atoms with Gasteiger partial charge in [-0.1, -0.05) is 42.5 Å². The molecule has 8 nitrogen and oxygen atoms in total. The summed E-state index contributed by atoms with van der Waals surface area (Å²) in [5.74, 6) is -2.25. The first kappa shape index (κ1) is 24.9. The average molecular weight is 487 g/mol. The van der Waals surface area contributed by atoms with E-state index in [9.17, 15) is 22.4 Å². The average Bonchev–Trinajstić information content (AvgIpc) is 2.84. The molecule has 1 N–H and O–H groups in total. The van der Waals surface area contributed by atoms with Crippen molar-refractivity contribution in [2.75, 3.05) is 26.1 Å². The Hall–Kier alpha value is -3.76. The number of amides is 1. The summed E-state index contributed by atoms with van der Waals surface area (Å²) in [7, 11) is -1.30. The van der Waals surface area contributed by atoms with Crippen molar-refractivity contribution in [1.29, 1.82) is 0 Å². The maximum Gasteiger partial charge on any atom is 0.338 e. The van der Waals surface area contributed by atoms with E-state index in [1.807, 2.05) is 6.07 Å². The van der Waals surface area contributed by atoms with Crippen LogP contribution in [0.25, 0.3) is 0 Å². The highest BCUT2D eigenvalue weighted by Crippen LogP contribution is 2.28. The zero-order valence-electron chi connectivity index (χ0n) is 18.5. The van der Waals surface area contributed by atoms with E-state index in [1.54, 1.807) is 30.3 Å². The minimum absolute atomic E-state index is 0.0498. The number of halogens is 1. The van der Waals surface area contributed by atoms with Crippen LogP contribution in [0.15, 0.2) is 77.7 Å². The van der Waals surface area contributed by atoms with Gasteiger partial charge >= 0.3 is 5.97 Å². The predicted octanol–water partition coefficient (Wildman–Crippen LogP) is 3.45. The molecule has 0 unspecified atom stereocenters. The third kappa shape index (κ3) is 5.97. The number of ether oxygens (including phenoxy) is 2. The smallest absolute Gasteiger partial charge is 0.338 e. The van der Waals surface area contributed by atoms with Crippen LogP contribution in [-0.2, 0) is 26.1 Å². The molecule has 0 atom stereocenters. The van der Waals surface area contributed by atoms with Gasteiger partial charge in [-0.25, -0.2) is 17.6 Å². The largest absolute Gasteiger partial charge is 0.495 e. The van der Waals surface area contributed by atoms with Crippen LogP contribution in [0.1, 0.15) is 15.9 Å². The maximum atomic E-state index is 13.6. The van der Waals surface area contributed by atoms with Crippen LogP contribution >= 0.6 is 0 Å². The highest BCUT2D eigenvalue weighted by Gasteiger charge is 2.27. The van der Waals surface area contributed by atoms with Gasteiger partial charge in [0.1, 0.15) is 16.5 Å². The van der Waals surface area contributed by atoms with E-state index in [4.69, 9.17) is 9.47 Å². The second-order valence-electron chi connectivity index (χ2n) is 7.22. The predicted molar refractivity (Wildman–Crippen MR) is 123 cm³/mol. The Labute approximate surface area is 197 Å². The third-order valence-corrected chi connectivity index (χ3v) is 6.64. The Morgan fingerprint density at radius 1 is 1.00 bits per heavy atom. The molecule has 0 heterocycles. The van der Waals surface area contributed by atoms with E-state index in [-0.39, 0.29) is 28.4 Å². The molecule has 0 aliphatic heterocycles. The Morgan fingerprint density at radius 3 is 2.35 bits per heavy atom. The Balaban J connectivity index is 1.74. The first-order valence-corrected chi connectivity index (χ1v) is 11.6. The minimum atomic E-state index is -4.03. The van der Waals surface area contributed by atoms with E-state index in [2.05, 4.69) is 5.32 Å². The lowest BCUT2D eigenvalue weighted by atomic mass is 10.2. The van der Waals surface area contributed by atoms with Crippen molar-refractivity contribution in [2.45, 2.75) is 11.4 Å². The molecule has 0 aromatic heterocycles. The summed E-state index contributed by atoms with van der Waals surface area (Å²) < 4.78 is 51.3. The fourth-order valence-electron chi connectivity index (χ4n) is 3.06. The quantitative estimate of drug-likeness (QED) is 0.465. The summed E-state index contributed by atoms with van der Waals surface area (Å²) in [6.45, 7) is -0.577. The minimum Gasteiger partial charge on any atom is -0.495 e. The molecule has 0 saturated carbocycles.